The van der Waals surface area contributed by atoms with Crippen LogP contribution >= 0.6 is 11.6 Å². The first-order valence-corrected chi connectivity index (χ1v) is 5.12. The van der Waals surface area contributed by atoms with Crippen molar-refractivity contribution < 1.29 is 42.5 Å². The fraction of sp³-hybridized carbons (Fsp3) is 0.143. The van der Waals surface area contributed by atoms with Crippen molar-refractivity contribution in [2.24, 2.45) is 0 Å². The molecule has 0 aromatic heterocycles. The van der Waals surface area contributed by atoms with Gasteiger partial charge in [-0.3, -0.25) is 0 Å². The molecule has 1 rings (SSSR count). The summed E-state index contributed by atoms with van der Waals surface area (Å²) in [5, 5.41) is 0.271. The summed E-state index contributed by atoms with van der Waals surface area (Å²) < 4.78 is 31.8. The maximum Gasteiger partial charge on any atom is 1.00 e. The van der Waals surface area contributed by atoms with Crippen LogP contribution in [0, 0.1) is 6.92 Å². The molecule has 2 N–H and O–H groups in total. The molecule has 0 atom stereocenters. The molecule has 0 amide bonds. The average Bonchev–Trinajstić information content (AvgIpc) is 1.97. The number of hydrogen-bond donors (Lipinski definition) is 1. The Morgan fingerprint density at radius 3 is 2.29 bits per heavy atom. The minimum Gasteiger partial charge on any atom is -0.744 e. The van der Waals surface area contributed by atoms with Gasteiger partial charge >= 0.3 is 29.6 Å². The zero-order chi connectivity index (χ0) is 10.2. The first-order valence-electron chi connectivity index (χ1n) is 3.34. The van der Waals surface area contributed by atoms with Crippen LogP contribution in [-0.4, -0.2) is 13.0 Å². The van der Waals surface area contributed by atoms with E-state index in [4.69, 9.17) is 17.3 Å². The molecular weight excluding hydrogens is 237 g/mol. The molecule has 0 unspecified atom stereocenters. The Kier molecular flexibility index (Phi) is 4.90. The fourth-order valence-corrected chi connectivity index (χ4v) is 1.61. The maximum atomic E-state index is 10.6. The number of halogens is 1. The van der Waals surface area contributed by atoms with Gasteiger partial charge in [0, 0.05) is 0 Å². The van der Waals surface area contributed by atoms with Gasteiger partial charge in [-0.25, -0.2) is 8.42 Å². The van der Waals surface area contributed by atoms with Crippen LogP contribution in [0.15, 0.2) is 17.0 Å². The van der Waals surface area contributed by atoms with Gasteiger partial charge in [0.05, 0.1) is 15.6 Å². The second kappa shape index (κ2) is 4.83. The summed E-state index contributed by atoms with van der Waals surface area (Å²) in [4.78, 5) is -0.355. The number of hydrogen-bond acceptors (Lipinski definition) is 4. The minimum atomic E-state index is -4.45. The number of anilines is 1. The van der Waals surface area contributed by atoms with Gasteiger partial charge in [-0.2, -0.15) is 0 Å². The third kappa shape index (κ3) is 3.12. The standard InChI is InChI=1S/C7H8ClNO3S.Na/c1-4-2-5(13(10,11)12)3-6(9)7(4)8;/h2-3H,9H2,1H3,(H,10,11,12);/q;+1/p-1. The molecule has 7 heteroatoms. The van der Waals surface area contributed by atoms with Crippen LogP contribution in [0.5, 0.6) is 0 Å². The van der Waals surface area contributed by atoms with Gasteiger partial charge in [0.15, 0.2) is 0 Å². The zero-order valence-corrected chi connectivity index (χ0v) is 11.3. The van der Waals surface area contributed by atoms with E-state index in [0.29, 0.717) is 5.56 Å². The summed E-state index contributed by atoms with van der Waals surface area (Å²) in [6, 6.07) is 2.25. The Morgan fingerprint density at radius 2 is 1.93 bits per heavy atom. The van der Waals surface area contributed by atoms with Crippen molar-refractivity contribution in [1.82, 2.24) is 0 Å². The summed E-state index contributed by atoms with van der Waals surface area (Å²) >= 11 is 5.68. The maximum absolute atomic E-state index is 10.6. The molecule has 0 heterocycles. The first kappa shape index (κ1) is 14.2. The van der Waals surface area contributed by atoms with E-state index in [-0.39, 0.29) is 45.2 Å². The monoisotopic (exact) mass is 243 g/mol. The predicted molar refractivity (Wildman–Crippen MR) is 48.6 cm³/mol. The van der Waals surface area contributed by atoms with Crippen molar-refractivity contribution in [1.29, 1.82) is 0 Å². The van der Waals surface area contributed by atoms with Crippen LogP contribution in [0.4, 0.5) is 5.69 Å². The van der Waals surface area contributed by atoms with Crippen LogP contribution < -0.4 is 35.3 Å². The number of nitrogen functional groups attached to an aromatic ring is 1. The number of rotatable bonds is 1. The molecule has 0 aliphatic rings. The summed E-state index contributed by atoms with van der Waals surface area (Å²) in [6.45, 7) is 1.58. The van der Waals surface area contributed by atoms with E-state index in [2.05, 4.69) is 0 Å². The molecule has 0 aliphatic heterocycles. The number of nitrogens with two attached hydrogens (primary N) is 1. The largest absolute Gasteiger partial charge is 1.00 e. The Bertz CT molecular complexity index is 423. The van der Waals surface area contributed by atoms with Crippen molar-refractivity contribution in [3.05, 3.63) is 22.7 Å². The minimum absolute atomic E-state index is 0. The average molecular weight is 244 g/mol. The molecule has 0 aliphatic carbocycles. The van der Waals surface area contributed by atoms with Crippen LogP contribution in [0.2, 0.25) is 5.02 Å². The van der Waals surface area contributed by atoms with Crippen molar-refractivity contribution in [2.45, 2.75) is 11.8 Å². The van der Waals surface area contributed by atoms with E-state index >= 15 is 0 Å². The topological polar surface area (TPSA) is 83.2 Å². The van der Waals surface area contributed by atoms with Gasteiger partial charge in [-0.1, -0.05) is 11.6 Å². The molecule has 0 fully saturated rings. The van der Waals surface area contributed by atoms with Crippen LogP contribution in [-0.2, 0) is 10.1 Å². The SMILES string of the molecule is Cc1cc(S(=O)(=O)[O-])cc(N)c1Cl.[Na+]. The molecule has 1 aromatic carbocycles. The van der Waals surface area contributed by atoms with Crippen LogP contribution in [0.1, 0.15) is 5.56 Å². The van der Waals surface area contributed by atoms with Gasteiger partial charge < -0.3 is 10.3 Å². The van der Waals surface area contributed by atoms with E-state index in [1.165, 1.54) is 6.07 Å². The van der Waals surface area contributed by atoms with Gasteiger partial charge in [-0.15, -0.1) is 0 Å². The molecule has 0 spiro atoms. The molecular formula is C7H7ClNNaO3S. The summed E-state index contributed by atoms with van der Waals surface area (Å²) in [6.07, 6.45) is 0. The normalized spacial score (nSPS) is 10.8. The molecule has 0 saturated heterocycles. The van der Waals surface area contributed by atoms with Crippen LogP contribution in [0.25, 0.3) is 0 Å². The Labute approximate surface area is 109 Å². The zero-order valence-electron chi connectivity index (χ0n) is 7.74. The van der Waals surface area contributed by atoms with E-state index in [0.717, 1.165) is 6.07 Å². The second-order valence-electron chi connectivity index (χ2n) is 2.60. The quantitative estimate of drug-likeness (QED) is 0.356. The molecule has 4 nitrogen and oxygen atoms in total. The fourth-order valence-electron chi connectivity index (χ4n) is 0.907. The molecule has 0 bridgehead atoms. The van der Waals surface area contributed by atoms with E-state index in [1.807, 2.05) is 0 Å². The smallest absolute Gasteiger partial charge is 0.744 e. The third-order valence-corrected chi connectivity index (χ3v) is 2.87. The van der Waals surface area contributed by atoms with Crippen LogP contribution in [0.3, 0.4) is 0 Å². The van der Waals surface area contributed by atoms with Gasteiger partial charge in [-0.05, 0) is 24.6 Å². The second-order valence-corrected chi connectivity index (χ2v) is 4.36. The Morgan fingerprint density at radius 1 is 1.43 bits per heavy atom. The van der Waals surface area contributed by atoms with Gasteiger partial charge in [0.2, 0.25) is 0 Å². The van der Waals surface area contributed by atoms with E-state index in [1.54, 1.807) is 6.92 Å². The Hall–Kier alpha value is 0.220. The van der Waals surface area contributed by atoms with Crippen molar-refractivity contribution in [3.63, 3.8) is 0 Å². The predicted octanol–water partition coefficient (Wildman–Crippen LogP) is -1.86. The molecule has 72 valence electrons. The summed E-state index contributed by atoms with van der Waals surface area (Å²) in [5.74, 6) is 0. The van der Waals surface area contributed by atoms with Gasteiger partial charge in [0.25, 0.3) is 0 Å². The van der Waals surface area contributed by atoms with Crippen molar-refractivity contribution in [3.8, 4) is 0 Å². The molecule has 0 radical (unpaired) electrons. The molecule has 0 saturated carbocycles. The van der Waals surface area contributed by atoms with E-state index < -0.39 is 10.1 Å². The van der Waals surface area contributed by atoms with E-state index in [9.17, 15) is 13.0 Å². The molecule has 14 heavy (non-hydrogen) atoms. The van der Waals surface area contributed by atoms with Gasteiger partial charge in [0.1, 0.15) is 10.1 Å². The number of aryl methyl sites for hydroxylation is 1. The first-order chi connectivity index (χ1) is 5.82. The van der Waals surface area contributed by atoms with Crippen molar-refractivity contribution >= 4 is 27.4 Å². The molecule has 1 aromatic rings. The number of benzene rings is 1. The summed E-state index contributed by atoms with van der Waals surface area (Å²) in [5.41, 5.74) is 5.95. The third-order valence-electron chi connectivity index (χ3n) is 1.54. The van der Waals surface area contributed by atoms with Crippen molar-refractivity contribution in [2.75, 3.05) is 5.73 Å². The Balaban J connectivity index is 0.00000169. The summed E-state index contributed by atoms with van der Waals surface area (Å²) in [7, 11) is -4.45.